The van der Waals surface area contributed by atoms with Gasteiger partial charge in [0.1, 0.15) is 18.4 Å². The minimum absolute atomic E-state index is 0.179. The van der Waals surface area contributed by atoms with Gasteiger partial charge in [0.2, 0.25) is 5.91 Å². The summed E-state index contributed by atoms with van der Waals surface area (Å²) >= 11 is 0. The second-order valence-electron chi connectivity index (χ2n) is 7.19. The number of hydrogen-bond acceptors (Lipinski definition) is 4. The Hall–Kier alpha value is -3.74. The van der Waals surface area contributed by atoms with Gasteiger partial charge >= 0.3 is 5.97 Å². The predicted octanol–water partition coefficient (Wildman–Crippen LogP) is 3.99. The van der Waals surface area contributed by atoms with Gasteiger partial charge in [-0.05, 0) is 41.0 Å². The lowest BCUT2D eigenvalue weighted by Crippen LogP contribution is -2.43. The topological polar surface area (TPSA) is 64.6 Å². The molecule has 0 saturated carbocycles. The Balaban J connectivity index is 1.64. The summed E-state index contributed by atoms with van der Waals surface area (Å²) in [6, 6.07) is 19.2. The maximum Gasteiger partial charge on any atom is 0.328 e. The number of esters is 1. The molecule has 5 nitrogen and oxygen atoms in total. The molecule has 0 radical (unpaired) electrons. The van der Waals surface area contributed by atoms with E-state index in [0.29, 0.717) is 17.9 Å². The zero-order chi connectivity index (χ0) is 22.9. The van der Waals surface area contributed by atoms with Crippen LogP contribution in [0.15, 0.2) is 72.8 Å². The highest BCUT2D eigenvalue weighted by atomic mass is 19.2. The normalized spacial score (nSPS) is 11.5. The largest absolute Gasteiger partial charge is 0.489 e. The van der Waals surface area contributed by atoms with Crippen LogP contribution in [0.25, 0.3) is 0 Å². The van der Waals surface area contributed by atoms with Gasteiger partial charge in [0, 0.05) is 6.42 Å². The van der Waals surface area contributed by atoms with E-state index in [-0.39, 0.29) is 12.8 Å². The first-order chi connectivity index (χ1) is 15.4. The van der Waals surface area contributed by atoms with E-state index < -0.39 is 29.6 Å². The molecule has 0 bridgehead atoms. The van der Waals surface area contributed by atoms with Crippen LogP contribution in [-0.2, 0) is 33.8 Å². The van der Waals surface area contributed by atoms with Crippen molar-refractivity contribution >= 4 is 11.9 Å². The van der Waals surface area contributed by atoms with Crippen molar-refractivity contribution < 1.29 is 27.8 Å². The summed E-state index contributed by atoms with van der Waals surface area (Å²) in [6.07, 6.45) is -0.0242. The molecule has 0 aliphatic rings. The predicted molar refractivity (Wildman–Crippen MR) is 115 cm³/mol. The van der Waals surface area contributed by atoms with Gasteiger partial charge in [-0.3, -0.25) is 4.79 Å². The number of amides is 1. The first kappa shape index (κ1) is 22.9. The van der Waals surface area contributed by atoms with Gasteiger partial charge < -0.3 is 14.8 Å². The van der Waals surface area contributed by atoms with Crippen molar-refractivity contribution in [3.8, 4) is 5.75 Å². The molecule has 0 spiro atoms. The van der Waals surface area contributed by atoms with E-state index in [4.69, 9.17) is 9.47 Å². The molecular formula is C25H23F2NO4. The SMILES string of the molecule is COC(=O)[C@H](Cc1cccc(OCc2ccccc2)c1)NC(=O)Cc1ccc(F)c(F)c1. The second-order valence-corrected chi connectivity index (χ2v) is 7.19. The summed E-state index contributed by atoms with van der Waals surface area (Å²) in [5.74, 6) is -2.52. The lowest BCUT2D eigenvalue weighted by atomic mass is 10.0. The number of halogens is 2. The molecule has 0 heterocycles. The molecule has 0 unspecified atom stereocenters. The lowest BCUT2D eigenvalue weighted by Gasteiger charge is -2.17. The van der Waals surface area contributed by atoms with E-state index in [2.05, 4.69) is 5.32 Å². The molecular weight excluding hydrogens is 416 g/mol. The van der Waals surface area contributed by atoms with Crippen LogP contribution in [-0.4, -0.2) is 25.0 Å². The van der Waals surface area contributed by atoms with Gasteiger partial charge in [-0.25, -0.2) is 13.6 Å². The minimum atomic E-state index is -1.04. The Labute approximate surface area is 185 Å². The van der Waals surface area contributed by atoms with Crippen molar-refractivity contribution in [3.63, 3.8) is 0 Å². The van der Waals surface area contributed by atoms with Crippen LogP contribution in [0.5, 0.6) is 5.75 Å². The molecule has 0 fully saturated rings. The second kappa shape index (κ2) is 11.0. The van der Waals surface area contributed by atoms with Crippen LogP contribution >= 0.6 is 0 Å². The summed E-state index contributed by atoms with van der Waals surface area (Å²) in [5, 5.41) is 2.61. The van der Waals surface area contributed by atoms with Crippen molar-refractivity contribution in [1.82, 2.24) is 5.32 Å². The van der Waals surface area contributed by atoms with E-state index >= 15 is 0 Å². The van der Waals surface area contributed by atoms with Crippen molar-refractivity contribution in [2.75, 3.05) is 7.11 Å². The lowest BCUT2D eigenvalue weighted by molar-refractivity contribution is -0.145. The molecule has 0 aliphatic carbocycles. The Morgan fingerprint density at radius 3 is 2.34 bits per heavy atom. The van der Waals surface area contributed by atoms with Gasteiger partial charge in [-0.15, -0.1) is 0 Å². The van der Waals surface area contributed by atoms with E-state index in [1.54, 1.807) is 18.2 Å². The molecule has 32 heavy (non-hydrogen) atoms. The van der Waals surface area contributed by atoms with Gasteiger partial charge in [0.25, 0.3) is 0 Å². The first-order valence-electron chi connectivity index (χ1n) is 10.0. The van der Waals surface area contributed by atoms with Crippen LogP contribution in [0.1, 0.15) is 16.7 Å². The molecule has 3 aromatic carbocycles. The van der Waals surface area contributed by atoms with E-state index in [1.165, 1.54) is 13.2 Å². The highest BCUT2D eigenvalue weighted by Gasteiger charge is 2.22. The number of nitrogens with one attached hydrogen (secondary N) is 1. The third-order valence-electron chi connectivity index (χ3n) is 4.76. The molecule has 166 valence electrons. The average molecular weight is 439 g/mol. The summed E-state index contributed by atoms with van der Waals surface area (Å²) < 4.78 is 37.1. The third-order valence-corrected chi connectivity index (χ3v) is 4.76. The first-order valence-corrected chi connectivity index (χ1v) is 10.0. The fourth-order valence-electron chi connectivity index (χ4n) is 3.15. The molecule has 1 N–H and O–H groups in total. The van der Waals surface area contributed by atoms with Crippen molar-refractivity contribution in [2.24, 2.45) is 0 Å². The quantitative estimate of drug-likeness (QED) is 0.512. The fourth-order valence-corrected chi connectivity index (χ4v) is 3.15. The smallest absolute Gasteiger partial charge is 0.328 e. The number of rotatable bonds is 9. The number of carbonyl (C=O) groups excluding carboxylic acids is 2. The number of carbonyl (C=O) groups is 2. The van der Waals surface area contributed by atoms with Crippen LogP contribution in [0.2, 0.25) is 0 Å². The van der Waals surface area contributed by atoms with Crippen LogP contribution < -0.4 is 10.1 Å². The molecule has 1 amide bonds. The van der Waals surface area contributed by atoms with Gasteiger partial charge in [-0.1, -0.05) is 48.5 Å². The Kier molecular flexibility index (Phi) is 7.91. The summed E-state index contributed by atoms with van der Waals surface area (Å²) in [7, 11) is 1.23. The van der Waals surface area contributed by atoms with E-state index in [9.17, 15) is 18.4 Å². The Morgan fingerprint density at radius 1 is 0.875 bits per heavy atom. The minimum Gasteiger partial charge on any atom is -0.489 e. The Bertz CT molecular complexity index is 1070. The highest BCUT2D eigenvalue weighted by Crippen LogP contribution is 2.17. The van der Waals surface area contributed by atoms with Crippen molar-refractivity contribution in [3.05, 3.63) is 101 Å². The molecule has 0 aromatic heterocycles. The molecule has 1 atom stereocenters. The van der Waals surface area contributed by atoms with Crippen molar-refractivity contribution in [1.29, 1.82) is 0 Å². The molecule has 0 aliphatic heterocycles. The maximum absolute atomic E-state index is 13.4. The molecule has 0 saturated heterocycles. The van der Waals surface area contributed by atoms with E-state index in [0.717, 1.165) is 23.3 Å². The zero-order valence-corrected chi connectivity index (χ0v) is 17.5. The highest BCUT2D eigenvalue weighted by molar-refractivity contribution is 5.85. The van der Waals surface area contributed by atoms with Crippen LogP contribution in [0, 0.1) is 11.6 Å². The third kappa shape index (κ3) is 6.63. The summed E-state index contributed by atoms with van der Waals surface area (Å²) in [5.41, 5.74) is 2.08. The van der Waals surface area contributed by atoms with Gasteiger partial charge in [0.05, 0.1) is 13.5 Å². The number of ether oxygens (including phenoxy) is 2. The van der Waals surface area contributed by atoms with Crippen LogP contribution in [0.3, 0.4) is 0 Å². The van der Waals surface area contributed by atoms with E-state index in [1.807, 2.05) is 36.4 Å². The van der Waals surface area contributed by atoms with Crippen molar-refractivity contribution in [2.45, 2.75) is 25.5 Å². The molecule has 7 heteroatoms. The van der Waals surface area contributed by atoms with Gasteiger partial charge in [-0.2, -0.15) is 0 Å². The number of benzene rings is 3. The Morgan fingerprint density at radius 2 is 1.62 bits per heavy atom. The zero-order valence-electron chi connectivity index (χ0n) is 17.5. The fraction of sp³-hybridized carbons (Fsp3) is 0.200. The monoisotopic (exact) mass is 439 g/mol. The number of hydrogen-bond donors (Lipinski definition) is 1. The maximum atomic E-state index is 13.4. The summed E-state index contributed by atoms with van der Waals surface area (Å²) in [6.45, 7) is 0.399. The standard InChI is InChI=1S/C25H23F2NO4/c1-31-25(30)23(28-24(29)15-19-10-11-21(26)22(27)13-19)14-18-8-5-9-20(12-18)32-16-17-6-3-2-4-7-17/h2-13,23H,14-16H2,1H3,(H,28,29)/t23-/m0/s1. The molecule has 3 rings (SSSR count). The summed E-state index contributed by atoms with van der Waals surface area (Å²) in [4.78, 5) is 24.6. The van der Waals surface area contributed by atoms with Crippen LogP contribution in [0.4, 0.5) is 8.78 Å². The molecule has 3 aromatic rings. The van der Waals surface area contributed by atoms with Gasteiger partial charge in [0.15, 0.2) is 11.6 Å². The average Bonchev–Trinajstić information content (AvgIpc) is 2.80. The number of methoxy groups -OCH3 is 1.